The minimum Gasteiger partial charge on any atom is -0.481 e. The molecule has 1 aromatic carbocycles. The van der Waals surface area contributed by atoms with E-state index < -0.39 is 35.6 Å². The predicted octanol–water partition coefficient (Wildman–Crippen LogP) is 1.29. The lowest BCUT2D eigenvalue weighted by Crippen LogP contribution is -2.08. The summed E-state index contributed by atoms with van der Waals surface area (Å²) in [5.41, 5.74) is -1.20. The van der Waals surface area contributed by atoms with Gasteiger partial charge in [0.2, 0.25) is 0 Å². The molecule has 0 aliphatic carbocycles. The van der Waals surface area contributed by atoms with Crippen LogP contribution in [-0.2, 0) is 11.2 Å². The largest absolute Gasteiger partial charge is 0.481 e. The van der Waals surface area contributed by atoms with E-state index in [-0.39, 0.29) is 5.56 Å². The number of halogens is 2. The van der Waals surface area contributed by atoms with Crippen molar-refractivity contribution >= 4 is 11.9 Å². The predicted molar refractivity (Wildman–Crippen MR) is 44.7 cm³/mol. The van der Waals surface area contributed by atoms with E-state index in [4.69, 9.17) is 10.2 Å². The van der Waals surface area contributed by atoms with Gasteiger partial charge in [0.1, 0.15) is 0 Å². The minimum absolute atomic E-state index is 0.384. The molecule has 0 fully saturated rings. The highest BCUT2D eigenvalue weighted by Gasteiger charge is 2.18. The highest BCUT2D eigenvalue weighted by atomic mass is 19.2. The van der Waals surface area contributed by atoms with E-state index >= 15 is 0 Å². The van der Waals surface area contributed by atoms with Crippen LogP contribution < -0.4 is 0 Å². The SMILES string of the molecule is O=C(O)Cc1ccc(C(=O)O)c(F)c1F. The fourth-order valence-corrected chi connectivity index (χ4v) is 1.05. The summed E-state index contributed by atoms with van der Waals surface area (Å²) in [6.07, 6.45) is -0.692. The normalized spacial score (nSPS) is 10.0. The van der Waals surface area contributed by atoms with Gasteiger partial charge in [0.05, 0.1) is 12.0 Å². The quantitative estimate of drug-likeness (QED) is 0.798. The number of hydrogen-bond acceptors (Lipinski definition) is 2. The molecule has 15 heavy (non-hydrogen) atoms. The Kier molecular flexibility index (Phi) is 2.99. The maximum Gasteiger partial charge on any atom is 0.338 e. The second-order valence-corrected chi connectivity index (χ2v) is 2.78. The van der Waals surface area contributed by atoms with E-state index in [1.165, 1.54) is 0 Å². The van der Waals surface area contributed by atoms with Crippen molar-refractivity contribution in [2.75, 3.05) is 0 Å². The van der Waals surface area contributed by atoms with E-state index in [0.29, 0.717) is 0 Å². The van der Waals surface area contributed by atoms with E-state index in [2.05, 4.69) is 0 Å². The van der Waals surface area contributed by atoms with Gasteiger partial charge in [-0.15, -0.1) is 0 Å². The van der Waals surface area contributed by atoms with Gasteiger partial charge < -0.3 is 10.2 Å². The summed E-state index contributed by atoms with van der Waals surface area (Å²) in [4.78, 5) is 20.6. The van der Waals surface area contributed by atoms with Crippen LogP contribution in [0.15, 0.2) is 12.1 Å². The fraction of sp³-hybridized carbons (Fsp3) is 0.111. The average Bonchev–Trinajstić information content (AvgIpc) is 2.12. The first kappa shape index (κ1) is 11.1. The fourth-order valence-electron chi connectivity index (χ4n) is 1.05. The lowest BCUT2D eigenvalue weighted by Gasteiger charge is -2.03. The summed E-state index contributed by atoms with van der Waals surface area (Å²) in [5.74, 6) is -5.90. The zero-order valence-electron chi connectivity index (χ0n) is 7.33. The van der Waals surface area contributed by atoms with Crippen molar-refractivity contribution in [3.63, 3.8) is 0 Å². The summed E-state index contributed by atoms with van der Waals surface area (Å²) < 4.78 is 26.1. The van der Waals surface area contributed by atoms with Gasteiger partial charge in [0.15, 0.2) is 11.6 Å². The molecule has 80 valence electrons. The van der Waals surface area contributed by atoms with Crippen LogP contribution in [0.3, 0.4) is 0 Å². The molecule has 0 amide bonds. The standard InChI is InChI=1S/C9H6F2O4/c10-7-4(3-6(12)13)1-2-5(8(7)11)9(14)15/h1-2H,3H2,(H,12,13)(H,14,15). The molecular weight excluding hydrogens is 210 g/mol. The molecule has 4 nitrogen and oxygen atoms in total. The first-order valence-electron chi connectivity index (χ1n) is 3.85. The molecule has 0 aliphatic rings. The molecule has 0 unspecified atom stereocenters. The molecule has 0 spiro atoms. The zero-order valence-corrected chi connectivity index (χ0v) is 7.33. The summed E-state index contributed by atoms with van der Waals surface area (Å²) in [5, 5.41) is 16.8. The van der Waals surface area contributed by atoms with Crippen molar-refractivity contribution in [1.29, 1.82) is 0 Å². The van der Waals surface area contributed by atoms with Crippen molar-refractivity contribution in [2.45, 2.75) is 6.42 Å². The van der Waals surface area contributed by atoms with Gasteiger partial charge in [0, 0.05) is 5.56 Å². The van der Waals surface area contributed by atoms with Crippen LogP contribution in [0.5, 0.6) is 0 Å². The Morgan fingerprint density at radius 2 is 1.73 bits per heavy atom. The molecular formula is C9H6F2O4. The van der Waals surface area contributed by atoms with Gasteiger partial charge in [-0.1, -0.05) is 6.07 Å². The van der Waals surface area contributed by atoms with Crippen molar-refractivity contribution in [3.05, 3.63) is 34.9 Å². The molecule has 1 aromatic rings. The average molecular weight is 216 g/mol. The number of benzene rings is 1. The molecule has 0 atom stereocenters. The van der Waals surface area contributed by atoms with Crippen molar-refractivity contribution in [2.24, 2.45) is 0 Å². The van der Waals surface area contributed by atoms with Gasteiger partial charge in [-0.05, 0) is 6.07 Å². The van der Waals surface area contributed by atoms with Crippen LogP contribution in [0, 0.1) is 11.6 Å². The zero-order chi connectivity index (χ0) is 11.6. The van der Waals surface area contributed by atoms with E-state index in [0.717, 1.165) is 12.1 Å². The van der Waals surface area contributed by atoms with Crippen molar-refractivity contribution in [3.8, 4) is 0 Å². The highest BCUT2D eigenvalue weighted by molar-refractivity contribution is 5.88. The Hall–Kier alpha value is -1.98. The second kappa shape index (κ2) is 4.04. The van der Waals surface area contributed by atoms with Crippen LogP contribution in [0.1, 0.15) is 15.9 Å². The molecule has 2 N–H and O–H groups in total. The van der Waals surface area contributed by atoms with Crippen LogP contribution in [0.2, 0.25) is 0 Å². The third-order valence-corrected chi connectivity index (χ3v) is 1.73. The van der Waals surface area contributed by atoms with Crippen LogP contribution in [0.4, 0.5) is 8.78 Å². The molecule has 6 heteroatoms. The van der Waals surface area contributed by atoms with Crippen molar-refractivity contribution in [1.82, 2.24) is 0 Å². The Balaban J connectivity index is 3.21. The van der Waals surface area contributed by atoms with Gasteiger partial charge in [-0.2, -0.15) is 0 Å². The Morgan fingerprint density at radius 1 is 1.13 bits per heavy atom. The smallest absolute Gasteiger partial charge is 0.338 e. The van der Waals surface area contributed by atoms with E-state index in [1.54, 1.807) is 0 Å². The Bertz CT molecular complexity index is 428. The third kappa shape index (κ3) is 2.28. The molecule has 0 radical (unpaired) electrons. The Morgan fingerprint density at radius 3 is 2.20 bits per heavy atom. The third-order valence-electron chi connectivity index (χ3n) is 1.73. The number of carboxylic acids is 2. The highest BCUT2D eigenvalue weighted by Crippen LogP contribution is 2.16. The lowest BCUT2D eigenvalue weighted by atomic mass is 10.1. The summed E-state index contributed by atoms with van der Waals surface area (Å²) in [6.45, 7) is 0. The minimum atomic E-state index is -1.60. The molecule has 0 aliphatic heterocycles. The van der Waals surface area contributed by atoms with E-state index in [9.17, 15) is 18.4 Å². The van der Waals surface area contributed by atoms with Gasteiger partial charge in [0.25, 0.3) is 0 Å². The summed E-state index contributed by atoms with van der Waals surface area (Å²) in [6, 6.07) is 1.77. The maximum absolute atomic E-state index is 13.1. The molecule has 0 aromatic heterocycles. The van der Waals surface area contributed by atoms with Gasteiger partial charge in [-0.3, -0.25) is 4.79 Å². The van der Waals surface area contributed by atoms with Gasteiger partial charge in [-0.25, -0.2) is 13.6 Å². The van der Waals surface area contributed by atoms with Gasteiger partial charge >= 0.3 is 11.9 Å². The number of aliphatic carboxylic acids is 1. The molecule has 0 saturated carbocycles. The van der Waals surface area contributed by atoms with Crippen molar-refractivity contribution < 1.29 is 28.6 Å². The molecule has 0 saturated heterocycles. The molecule has 0 bridgehead atoms. The summed E-state index contributed by atoms with van der Waals surface area (Å²) in [7, 11) is 0. The Labute approximate surface area is 82.8 Å². The molecule has 0 heterocycles. The molecule has 1 rings (SSSR count). The van der Waals surface area contributed by atoms with Crippen LogP contribution in [0.25, 0.3) is 0 Å². The topological polar surface area (TPSA) is 74.6 Å². The van der Waals surface area contributed by atoms with Crippen LogP contribution in [-0.4, -0.2) is 22.2 Å². The lowest BCUT2D eigenvalue weighted by molar-refractivity contribution is -0.136. The van der Waals surface area contributed by atoms with E-state index in [1.807, 2.05) is 0 Å². The first-order valence-corrected chi connectivity index (χ1v) is 3.85. The number of aromatic carboxylic acids is 1. The van der Waals surface area contributed by atoms with Crippen LogP contribution >= 0.6 is 0 Å². The maximum atomic E-state index is 13.1. The summed E-state index contributed by atoms with van der Waals surface area (Å²) >= 11 is 0. The number of carbonyl (C=O) groups is 2. The first-order chi connectivity index (χ1) is 6.93. The second-order valence-electron chi connectivity index (χ2n) is 2.78. The number of carboxylic acid groups (broad SMARTS) is 2. The number of rotatable bonds is 3. The number of hydrogen-bond donors (Lipinski definition) is 2. The monoisotopic (exact) mass is 216 g/mol.